The standard InChI is InChI=1S/C24H34O/c1-3-5-6-9-21-12-14-22(15-13-21)10-7-8-11-23-16-18-24(19-17-23)25-20-4-2/h7,10,16-19,21-22H,3-6,9,12-15,20H2,1-2H3/b10-7+/t21-,22-. The van der Waals surface area contributed by atoms with Crippen LogP contribution in [0.4, 0.5) is 0 Å². The highest BCUT2D eigenvalue weighted by Gasteiger charge is 2.18. The van der Waals surface area contributed by atoms with Gasteiger partial charge in [-0.15, -0.1) is 0 Å². The summed E-state index contributed by atoms with van der Waals surface area (Å²) < 4.78 is 5.59. The first kappa shape index (κ1) is 19.6. The predicted molar refractivity (Wildman–Crippen MR) is 108 cm³/mol. The van der Waals surface area contributed by atoms with Gasteiger partial charge in [0.25, 0.3) is 0 Å². The van der Waals surface area contributed by atoms with Crippen molar-refractivity contribution < 1.29 is 4.74 Å². The molecule has 1 aromatic carbocycles. The maximum Gasteiger partial charge on any atom is 0.119 e. The molecule has 136 valence electrons. The van der Waals surface area contributed by atoms with Gasteiger partial charge in [-0.25, -0.2) is 0 Å². The van der Waals surface area contributed by atoms with Gasteiger partial charge in [-0.3, -0.25) is 0 Å². The van der Waals surface area contributed by atoms with E-state index in [0.717, 1.165) is 36.2 Å². The molecule has 0 aromatic heterocycles. The molecule has 2 rings (SSSR count). The number of unbranched alkanes of at least 4 members (excludes halogenated alkanes) is 2. The Morgan fingerprint density at radius 1 is 1.00 bits per heavy atom. The lowest BCUT2D eigenvalue weighted by atomic mass is 9.79. The third-order valence-electron chi connectivity index (χ3n) is 5.10. The van der Waals surface area contributed by atoms with Crippen LogP contribution < -0.4 is 4.74 Å². The molecule has 1 aliphatic carbocycles. The number of rotatable bonds is 8. The number of allylic oxidation sites excluding steroid dienone is 2. The molecule has 0 amide bonds. The summed E-state index contributed by atoms with van der Waals surface area (Å²) in [6, 6.07) is 8.08. The lowest BCUT2D eigenvalue weighted by Crippen LogP contribution is -2.12. The highest BCUT2D eigenvalue weighted by molar-refractivity contribution is 5.40. The lowest BCUT2D eigenvalue weighted by Gasteiger charge is -2.26. The first-order chi connectivity index (χ1) is 12.3. The minimum Gasteiger partial charge on any atom is -0.494 e. The first-order valence-electron chi connectivity index (χ1n) is 10.2. The van der Waals surface area contributed by atoms with Crippen LogP contribution in [0, 0.1) is 23.7 Å². The van der Waals surface area contributed by atoms with Gasteiger partial charge >= 0.3 is 0 Å². The van der Waals surface area contributed by atoms with E-state index in [1.807, 2.05) is 24.3 Å². The molecule has 1 aromatic rings. The van der Waals surface area contributed by atoms with Gasteiger partial charge in [0.2, 0.25) is 0 Å². The Bertz CT molecular complexity index is 550. The zero-order chi connectivity index (χ0) is 17.7. The van der Waals surface area contributed by atoms with Gasteiger partial charge in [-0.05, 0) is 74.3 Å². The third kappa shape index (κ3) is 7.82. The van der Waals surface area contributed by atoms with Crippen LogP contribution in [-0.2, 0) is 0 Å². The van der Waals surface area contributed by atoms with E-state index >= 15 is 0 Å². The van der Waals surface area contributed by atoms with Crippen molar-refractivity contribution in [3.8, 4) is 17.6 Å². The van der Waals surface area contributed by atoms with E-state index in [9.17, 15) is 0 Å². The molecule has 25 heavy (non-hydrogen) atoms. The Labute approximate surface area is 154 Å². The van der Waals surface area contributed by atoms with E-state index in [-0.39, 0.29) is 0 Å². The second kappa shape index (κ2) is 11.8. The van der Waals surface area contributed by atoms with Crippen molar-refractivity contribution in [2.45, 2.75) is 71.6 Å². The van der Waals surface area contributed by atoms with Gasteiger partial charge in [0, 0.05) is 5.56 Å². The highest BCUT2D eigenvalue weighted by Crippen LogP contribution is 2.32. The molecule has 0 atom stereocenters. The van der Waals surface area contributed by atoms with Gasteiger partial charge < -0.3 is 4.74 Å². The quantitative estimate of drug-likeness (QED) is 0.375. The van der Waals surface area contributed by atoms with Crippen molar-refractivity contribution in [1.82, 2.24) is 0 Å². The van der Waals surface area contributed by atoms with Crippen LogP contribution in [0.25, 0.3) is 0 Å². The van der Waals surface area contributed by atoms with E-state index in [1.165, 1.54) is 51.4 Å². The van der Waals surface area contributed by atoms with Crippen LogP contribution in [0.5, 0.6) is 5.75 Å². The van der Waals surface area contributed by atoms with Crippen molar-refractivity contribution in [3.63, 3.8) is 0 Å². The molecule has 1 heteroatoms. The summed E-state index contributed by atoms with van der Waals surface area (Å²) in [6.07, 6.45) is 16.5. The second-order valence-electron chi connectivity index (χ2n) is 7.28. The number of ether oxygens (including phenoxy) is 1. The summed E-state index contributed by atoms with van der Waals surface area (Å²) in [4.78, 5) is 0. The van der Waals surface area contributed by atoms with Crippen LogP contribution in [0.3, 0.4) is 0 Å². The second-order valence-corrected chi connectivity index (χ2v) is 7.28. The Morgan fingerprint density at radius 3 is 2.44 bits per heavy atom. The molecular weight excluding hydrogens is 304 g/mol. The van der Waals surface area contributed by atoms with Crippen molar-refractivity contribution in [3.05, 3.63) is 42.0 Å². The summed E-state index contributed by atoms with van der Waals surface area (Å²) in [5, 5.41) is 0. The normalized spacial score (nSPS) is 20.2. The molecular formula is C24H34O. The zero-order valence-electron chi connectivity index (χ0n) is 16.1. The Balaban J connectivity index is 1.70. The van der Waals surface area contributed by atoms with Gasteiger partial charge in [0.15, 0.2) is 0 Å². The summed E-state index contributed by atoms with van der Waals surface area (Å²) >= 11 is 0. The maximum atomic E-state index is 5.59. The number of hydrogen-bond donors (Lipinski definition) is 0. The Hall–Kier alpha value is -1.68. The average Bonchev–Trinajstić information content (AvgIpc) is 2.66. The summed E-state index contributed by atoms with van der Waals surface area (Å²) in [5.74, 6) is 9.06. The molecule has 1 aliphatic rings. The van der Waals surface area contributed by atoms with Gasteiger partial charge in [-0.1, -0.05) is 57.4 Å². The van der Waals surface area contributed by atoms with E-state index < -0.39 is 0 Å². The molecule has 0 radical (unpaired) electrons. The number of hydrogen-bond acceptors (Lipinski definition) is 1. The van der Waals surface area contributed by atoms with Crippen molar-refractivity contribution in [2.24, 2.45) is 11.8 Å². The molecule has 1 nitrogen and oxygen atoms in total. The summed E-state index contributed by atoms with van der Waals surface area (Å²) in [6.45, 7) is 5.18. The topological polar surface area (TPSA) is 9.23 Å². The van der Waals surface area contributed by atoms with Gasteiger partial charge in [0.05, 0.1) is 6.61 Å². The molecule has 0 saturated heterocycles. The van der Waals surface area contributed by atoms with Crippen LogP contribution in [-0.4, -0.2) is 6.61 Å². The molecule has 1 saturated carbocycles. The first-order valence-corrected chi connectivity index (χ1v) is 10.2. The largest absolute Gasteiger partial charge is 0.494 e. The molecule has 1 fully saturated rings. The Morgan fingerprint density at radius 2 is 1.76 bits per heavy atom. The number of benzene rings is 1. The molecule has 0 aliphatic heterocycles. The van der Waals surface area contributed by atoms with E-state index in [2.05, 4.69) is 37.8 Å². The summed E-state index contributed by atoms with van der Waals surface area (Å²) in [7, 11) is 0. The van der Waals surface area contributed by atoms with E-state index in [4.69, 9.17) is 4.74 Å². The maximum absolute atomic E-state index is 5.59. The summed E-state index contributed by atoms with van der Waals surface area (Å²) in [5.41, 5.74) is 1.05. The zero-order valence-corrected chi connectivity index (χ0v) is 16.1. The van der Waals surface area contributed by atoms with Gasteiger partial charge in [0.1, 0.15) is 5.75 Å². The van der Waals surface area contributed by atoms with Crippen molar-refractivity contribution in [1.29, 1.82) is 0 Å². The van der Waals surface area contributed by atoms with Crippen molar-refractivity contribution >= 4 is 0 Å². The minimum atomic E-state index is 0.738. The molecule has 0 heterocycles. The van der Waals surface area contributed by atoms with E-state index in [1.54, 1.807) is 0 Å². The molecule has 0 spiro atoms. The minimum absolute atomic E-state index is 0.738. The molecule has 0 N–H and O–H groups in total. The average molecular weight is 339 g/mol. The Kier molecular flexibility index (Phi) is 9.27. The van der Waals surface area contributed by atoms with Crippen LogP contribution in [0.2, 0.25) is 0 Å². The monoisotopic (exact) mass is 338 g/mol. The lowest BCUT2D eigenvalue weighted by molar-refractivity contribution is 0.289. The fourth-order valence-corrected chi connectivity index (χ4v) is 3.52. The van der Waals surface area contributed by atoms with Crippen LogP contribution in [0.15, 0.2) is 36.4 Å². The molecule has 0 bridgehead atoms. The fraction of sp³-hybridized carbons (Fsp3) is 0.583. The third-order valence-corrected chi connectivity index (χ3v) is 5.10. The SMILES string of the molecule is CCCCC[C@H]1CC[C@H](/C=C/C#Cc2ccc(OCCC)cc2)CC1. The molecule has 0 unspecified atom stereocenters. The van der Waals surface area contributed by atoms with Crippen LogP contribution in [0.1, 0.15) is 77.2 Å². The smallest absolute Gasteiger partial charge is 0.119 e. The highest BCUT2D eigenvalue weighted by atomic mass is 16.5. The predicted octanol–water partition coefficient (Wildman–Crippen LogP) is 6.77. The van der Waals surface area contributed by atoms with Gasteiger partial charge in [-0.2, -0.15) is 0 Å². The van der Waals surface area contributed by atoms with Crippen molar-refractivity contribution in [2.75, 3.05) is 6.61 Å². The van der Waals surface area contributed by atoms with Crippen LogP contribution >= 0.6 is 0 Å². The fourth-order valence-electron chi connectivity index (χ4n) is 3.52. The van der Waals surface area contributed by atoms with E-state index in [0.29, 0.717) is 0 Å².